The molecule has 24 heteroatoms. The first kappa shape index (κ1) is 52.2. The van der Waals surface area contributed by atoms with Gasteiger partial charge in [-0.05, 0) is 57.2 Å². The lowest BCUT2D eigenvalue weighted by Gasteiger charge is -2.42. The predicted octanol–water partition coefficient (Wildman–Crippen LogP) is -4.53. The number of rotatable bonds is 15. The molecule has 0 spiro atoms. The highest BCUT2D eigenvalue weighted by Crippen LogP contribution is 2.35. The molecular formula is C41H58O24. The summed E-state index contributed by atoms with van der Waals surface area (Å²) in [6.07, 6.45) is -24.5. The lowest BCUT2D eigenvalue weighted by atomic mass is 9.98. The molecule has 4 heterocycles. The van der Waals surface area contributed by atoms with Crippen molar-refractivity contribution in [3.05, 3.63) is 47.5 Å². The summed E-state index contributed by atoms with van der Waals surface area (Å²) in [6, 6.07) is 8.75. The minimum atomic E-state index is -1.89. The average Bonchev–Trinajstić information content (AvgIpc) is 3.58. The van der Waals surface area contributed by atoms with Crippen LogP contribution in [0.3, 0.4) is 0 Å². The summed E-state index contributed by atoms with van der Waals surface area (Å²) in [6.45, 7) is 2.32. The third-order valence-electron chi connectivity index (χ3n) is 11.2. The number of ketones is 2. The number of aliphatic hydroxyl groups excluding tert-OH is 11. The monoisotopic (exact) mass is 934 g/mol. The summed E-state index contributed by atoms with van der Waals surface area (Å²) >= 11 is 0. The Morgan fingerprint density at radius 2 is 1.00 bits per heavy atom. The quantitative estimate of drug-likeness (QED) is 0.0749. The van der Waals surface area contributed by atoms with Crippen molar-refractivity contribution in [3.8, 4) is 23.0 Å². The van der Waals surface area contributed by atoms with E-state index in [2.05, 4.69) is 0 Å². The molecule has 18 atom stereocenters. The van der Waals surface area contributed by atoms with E-state index in [1.807, 2.05) is 0 Å². The molecule has 0 unspecified atom stereocenters. The molecule has 366 valence electrons. The SMILES string of the molecule is COc1cc(C(C)=O)ccc1O[C@@H]1O[C@H](CO[C@@H]2OC[C@](O)(CO)[C@H]2O)[C@@H](O)[C@H](O)[C@H]1O.COc1cc(C(C)=O)ccc1O[C@@H]1O[C@H](CO[C@@H]2O[C@@H](C)[C@H](O)[C@@H](O)[C@H]2O)[C@@H](O)[C@H](O)[C@H]1O. The minimum Gasteiger partial charge on any atom is -0.493 e. The van der Waals surface area contributed by atoms with Gasteiger partial charge in [0, 0.05) is 11.1 Å². The van der Waals surface area contributed by atoms with Gasteiger partial charge in [0.15, 0.2) is 47.1 Å². The number of hydrogen-bond donors (Lipinski definition) is 12. The van der Waals surface area contributed by atoms with Crippen molar-refractivity contribution in [1.82, 2.24) is 0 Å². The van der Waals surface area contributed by atoms with Crippen molar-refractivity contribution >= 4 is 11.6 Å². The number of aliphatic hydroxyl groups is 12. The summed E-state index contributed by atoms with van der Waals surface area (Å²) in [7, 11) is 2.72. The van der Waals surface area contributed by atoms with Crippen LogP contribution in [-0.4, -0.2) is 224 Å². The maximum Gasteiger partial charge on any atom is 0.229 e. The Kier molecular flexibility index (Phi) is 18.0. The summed E-state index contributed by atoms with van der Waals surface area (Å²) in [5, 5.41) is 121. The van der Waals surface area contributed by atoms with E-state index < -0.39 is 130 Å². The predicted molar refractivity (Wildman–Crippen MR) is 213 cm³/mol. The molecule has 4 saturated heterocycles. The maximum absolute atomic E-state index is 11.6. The van der Waals surface area contributed by atoms with Crippen molar-refractivity contribution in [2.75, 3.05) is 40.6 Å². The molecule has 0 bridgehead atoms. The van der Waals surface area contributed by atoms with Gasteiger partial charge in [-0.1, -0.05) is 0 Å². The van der Waals surface area contributed by atoms with Crippen LogP contribution in [0.5, 0.6) is 23.0 Å². The normalized spacial score (nSPS) is 38.3. The second kappa shape index (κ2) is 22.4. The molecule has 0 amide bonds. The van der Waals surface area contributed by atoms with Crippen molar-refractivity contribution in [2.45, 2.75) is 131 Å². The van der Waals surface area contributed by atoms with E-state index in [0.717, 1.165) is 0 Å². The summed E-state index contributed by atoms with van der Waals surface area (Å²) in [5.41, 5.74) is -1.14. The van der Waals surface area contributed by atoms with Crippen LogP contribution in [0.25, 0.3) is 0 Å². The first-order valence-corrected chi connectivity index (χ1v) is 20.3. The van der Waals surface area contributed by atoms with Crippen LogP contribution in [0.2, 0.25) is 0 Å². The second-order valence-corrected chi connectivity index (χ2v) is 15.8. The van der Waals surface area contributed by atoms with Crippen molar-refractivity contribution in [1.29, 1.82) is 0 Å². The fraction of sp³-hybridized carbons (Fsp3) is 0.659. The number of benzene rings is 2. The van der Waals surface area contributed by atoms with Gasteiger partial charge in [-0.3, -0.25) is 9.59 Å². The van der Waals surface area contributed by atoms with E-state index in [1.165, 1.54) is 71.4 Å². The zero-order chi connectivity index (χ0) is 48.1. The molecule has 2 aromatic rings. The fourth-order valence-electron chi connectivity index (χ4n) is 6.99. The van der Waals surface area contributed by atoms with Gasteiger partial charge in [0.2, 0.25) is 12.6 Å². The van der Waals surface area contributed by atoms with E-state index in [1.54, 1.807) is 0 Å². The molecule has 0 saturated carbocycles. The van der Waals surface area contributed by atoms with Crippen LogP contribution >= 0.6 is 0 Å². The van der Waals surface area contributed by atoms with Gasteiger partial charge in [-0.2, -0.15) is 0 Å². The van der Waals surface area contributed by atoms with Gasteiger partial charge in [0.05, 0.1) is 46.8 Å². The molecule has 4 fully saturated rings. The van der Waals surface area contributed by atoms with Crippen LogP contribution in [0.1, 0.15) is 41.5 Å². The molecule has 0 aromatic heterocycles. The zero-order valence-electron chi connectivity index (χ0n) is 35.9. The molecule has 4 aliphatic rings. The summed E-state index contributed by atoms with van der Waals surface area (Å²) < 4.78 is 54.1. The van der Waals surface area contributed by atoms with Gasteiger partial charge in [-0.15, -0.1) is 0 Å². The molecule has 6 rings (SSSR count). The summed E-state index contributed by atoms with van der Waals surface area (Å²) in [5.74, 6) is 0.228. The highest BCUT2D eigenvalue weighted by molar-refractivity contribution is 5.95. The number of Topliss-reactive ketones (excluding diaryl/α,β-unsaturated/α-hetero) is 2. The van der Waals surface area contributed by atoms with E-state index in [0.29, 0.717) is 11.1 Å². The molecule has 0 radical (unpaired) electrons. The van der Waals surface area contributed by atoms with E-state index in [-0.39, 0.29) is 41.2 Å². The highest BCUT2D eigenvalue weighted by Gasteiger charge is 2.51. The van der Waals surface area contributed by atoms with Gasteiger partial charge >= 0.3 is 0 Å². The molecule has 4 aliphatic heterocycles. The number of carbonyl (C=O) groups excluding carboxylic acids is 2. The number of methoxy groups -OCH3 is 2. The summed E-state index contributed by atoms with van der Waals surface area (Å²) in [4.78, 5) is 23.1. The smallest absolute Gasteiger partial charge is 0.229 e. The number of ether oxygens (including phenoxy) is 10. The molecule has 12 N–H and O–H groups in total. The molecule has 65 heavy (non-hydrogen) atoms. The lowest BCUT2D eigenvalue weighted by molar-refractivity contribution is -0.318. The molecule has 24 nitrogen and oxygen atoms in total. The third-order valence-corrected chi connectivity index (χ3v) is 11.2. The molecular weight excluding hydrogens is 876 g/mol. The first-order valence-electron chi connectivity index (χ1n) is 20.3. The standard InChI is InChI=1S/C21H30O12.C20H28O12/c1-8(22)10-4-5-11(12(6-10)29-3)32-21-19(28)17(26)15(24)13(33-21)7-30-20-18(27)16(25)14(23)9(2)31-20;1-9(22)10-3-4-11(12(5-10)28-2)31-18-16(25)15(24)14(23)13(32-18)6-29-19-17(26)20(27,7-21)8-30-19/h4-6,9,13-21,23-28H,7H2,1-3H3;3-5,13-19,21,23-27H,6-8H2,1-2H3/t9-,13+,14-,15+,16+,17-,18+,19+,20+,21+;13-,14-,15+,16-,17+,18-,19-,20-/m01/s1. The molecule has 0 aliphatic carbocycles. The first-order chi connectivity index (χ1) is 30.7. The van der Waals surface area contributed by atoms with Crippen molar-refractivity contribution in [2.24, 2.45) is 0 Å². The Labute approximate surface area is 371 Å². The third kappa shape index (κ3) is 11.9. The van der Waals surface area contributed by atoms with Crippen LogP contribution in [0.15, 0.2) is 36.4 Å². The fourth-order valence-corrected chi connectivity index (χ4v) is 6.99. The van der Waals surface area contributed by atoms with Gasteiger partial charge in [0.25, 0.3) is 0 Å². The van der Waals surface area contributed by atoms with Gasteiger partial charge in [0.1, 0.15) is 78.8 Å². The Balaban J connectivity index is 0.000000244. The van der Waals surface area contributed by atoms with E-state index >= 15 is 0 Å². The van der Waals surface area contributed by atoms with Gasteiger partial charge in [-0.25, -0.2) is 0 Å². The highest BCUT2D eigenvalue weighted by atomic mass is 16.7. The van der Waals surface area contributed by atoms with Crippen LogP contribution < -0.4 is 18.9 Å². The Bertz CT molecular complexity index is 1890. The van der Waals surface area contributed by atoms with Gasteiger partial charge < -0.3 is 109 Å². The average molecular weight is 935 g/mol. The lowest BCUT2D eigenvalue weighted by Crippen LogP contribution is -2.61. The largest absolute Gasteiger partial charge is 0.493 e. The van der Waals surface area contributed by atoms with E-state index in [9.17, 15) is 70.9 Å². The molecule has 2 aromatic carbocycles. The van der Waals surface area contributed by atoms with Crippen molar-refractivity contribution < 1.29 is 118 Å². The van der Waals surface area contributed by atoms with E-state index in [4.69, 9.17) is 47.4 Å². The number of carbonyl (C=O) groups is 2. The minimum absolute atomic E-state index is 0.117. The Morgan fingerprint density at radius 1 is 0.585 bits per heavy atom. The maximum atomic E-state index is 11.6. The Hall–Kier alpha value is -3.74. The van der Waals surface area contributed by atoms with Crippen molar-refractivity contribution in [3.63, 3.8) is 0 Å². The number of hydrogen-bond acceptors (Lipinski definition) is 24. The second-order valence-electron chi connectivity index (χ2n) is 15.8. The van der Waals surface area contributed by atoms with Crippen LogP contribution in [0.4, 0.5) is 0 Å². The van der Waals surface area contributed by atoms with Crippen LogP contribution in [-0.2, 0) is 28.4 Å². The Morgan fingerprint density at radius 3 is 1.40 bits per heavy atom. The topological polar surface area (TPSA) is 369 Å². The van der Waals surface area contributed by atoms with Crippen LogP contribution in [0, 0.1) is 0 Å². The zero-order valence-corrected chi connectivity index (χ0v) is 35.9.